The number of nitrogens with one attached hydrogen (secondary N) is 4. The van der Waals surface area contributed by atoms with E-state index in [9.17, 15) is 72.7 Å². The Bertz CT molecular complexity index is 6060. The van der Waals surface area contributed by atoms with E-state index in [4.69, 9.17) is 151 Å². The highest BCUT2D eigenvalue weighted by Crippen LogP contribution is 2.57. The summed E-state index contributed by atoms with van der Waals surface area (Å²) in [5.74, 6) is -0.176. The SMILES string of the molecule is CC[C@H]1O[C@@H](n2cc(C)c(=O)[nH]c2=O)C[C@H]1OP(O)(=S)OC[C@H]1O[C@@H](n2cc(C)c(N)nc2=O)C[C@H]1OP(O)(=S)OC[C@H]1O[C@@H](n2cnc3c(N)ncnc32)C(OCCOC)[C@H]1OP(=O)(O)OC[C@H]1O[C@@H](n2cc(C)c(=O)[nH]c2=O)C[C@H]1OP(O)(=S)OC[C@H]1O[C@@H](n2cc(C)c(=O)[nH]c2=O)C[C@H]1OP(O)(=S)OC[C@H]1O[C@@H](n2cc(C)c(=O)[nH]c2=O)C(OCCOC)[C@H]1O. The van der Waals surface area contributed by atoms with Gasteiger partial charge in [-0.05, 0) is 88.3 Å². The summed E-state index contributed by atoms with van der Waals surface area (Å²) in [5.41, 5.74) is 5.69. The van der Waals surface area contributed by atoms with Crippen molar-refractivity contribution >= 4 is 105 Å². The number of rotatable bonds is 40. The van der Waals surface area contributed by atoms with Crippen LogP contribution < -0.4 is 62.2 Å². The van der Waals surface area contributed by atoms with Crippen molar-refractivity contribution in [2.45, 2.75) is 196 Å². The van der Waals surface area contributed by atoms with E-state index >= 15 is 4.57 Å². The monoisotopic (exact) mass is 1980 g/mol. The van der Waals surface area contributed by atoms with Crippen LogP contribution in [0.15, 0.2) is 86.8 Å². The first-order valence-electron chi connectivity index (χ1n) is 39.1. The minimum absolute atomic E-state index is 0.00857. The second-order valence-electron chi connectivity index (χ2n) is 30.1. The third-order valence-corrected chi connectivity index (χ3v) is 28.5. The molecule has 0 bridgehead atoms. The molecule has 0 aliphatic carbocycles. The predicted octanol–water partition coefficient (Wildman–Crippen LogP) is -1.25. The summed E-state index contributed by atoms with van der Waals surface area (Å²) in [7, 11) is -2.95. The minimum Gasteiger partial charge on any atom is -0.387 e. The van der Waals surface area contributed by atoms with E-state index in [1.165, 1.54) is 82.2 Å². The highest BCUT2D eigenvalue weighted by molar-refractivity contribution is 8.08. The second-order valence-corrected chi connectivity index (χ2v) is 42.7. The zero-order chi connectivity index (χ0) is 92.6. The van der Waals surface area contributed by atoms with E-state index in [1.54, 1.807) is 13.8 Å². The maximum absolute atomic E-state index is 15.0. The van der Waals surface area contributed by atoms with Crippen molar-refractivity contribution in [3.8, 4) is 0 Å². The number of phosphoric ester groups is 1. The van der Waals surface area contributed by atoms with Crippen LogP contribution >= 0.6 is 34.7 Å². The Morgan fingerprint density at radius 3 is 1.25 bits per heavy atom. The number of imidazole rings is 1. The highest BCUT2D eigenvalue weighted by Gasteiger charge is 2.55. The third kappa shape index (κ3) is 23.5. The van der Waals surface area contributed by atoms with Gasteiger partial charge in [0.15, 0.2) is 23.9 Å². The fourth-order valence-electron chi connectivity index (χ4n) is 14.8. The number of phosphoric acid groups is 1. The van der Waals surface area contributed by atoms with Crippen molar-refractivity contribution in [1.29, 1.82) is 0 Å². The van der Waals surface area contributed by atoms with Gasteiger partial charge >= 0.3 is 63.1 Å². The third-order valence-electron chi connectivity index (χ3n) is 21.2. The normalized spacial score (nSPS) is 29.6. The molecule has 6 saturated heterocycles. The number of nitrogen functional groups attached to an aromatic ring is 2. The molecule has 13 heterocycles. The standard InChI is InChI=1S/C67H93N16O36P5S4/c1-9-35-36(14-45(109-35)79-19-31(3)57(85)74-64(79)90)115-121(96,125)105-24-41-38(16-46(111-41)78-18-30(2)54(68)73-63(78)89)118-124(99,128)108-27-44-51(53(103-13-11-101-8)62(114-44)83-29-72-49-55(69)70-28-71-56(49)83)119-120(94,95)104-23-40-37(15-47(110-40)80-20-32(4)58(86)75-65(80)91)116-122(97,126)106-25-42-39(17-48(112-42)81-21-33(5)59(87)76-66(81)92)117-123(98,127)107-26-43-50(84)52(102-12-10-100-7)61(113-43)82-22-34(6)60(88)77-67(82)93/h18-22,28-29,35-48,50-53,61-62,84H,9-17,23-27H2,1-8H3,(H,94,95)(H,96,125)(H,97,126)(H,98,127)(H,99,128)(H2,68,73,89)(H2,69,70,71)(H,74,85,90)(H,75,86,91)(H,76,87,92)(H,77,88,93)/t35-,36-,37-,38-,39-,40-,41-,42-,43-,44-,45-,46-,47-,48-,50+,51+,52?,53?,61-,62-,121?,122?,123?,124?/m1/s1. The van der Waals surface area contributed by atoms with E-state index < -0.39 is 248 Å². The van der Waals surface area contributed by atoms with Crippen LogP contribution in [0.4, 0.5) is 11.6 Å². The van der Waals surface area contributed by atoms with Gasteiger partial charge in [0.25, 0.3) is 22.2 Å². The lowest BCUT2D eigenvalue weighted by molar-refractivity contribution is -0.0819. The molecule has 6 aliphatic rings. The van der Waals surface area contributed by atoms with Crippen LogP contribution in [0, 0.1) is 34.6 Å². The summed E-state index contributed by atoms with van der Waals surface area (Å²) in [6.07, 6.45) is -20.6. The van der Waals surface area contributed by atoms with Gasteiger partial charge in [0, 0.05) is 98.7 Å². The first-order chi connectivity index (χ1) is 60.4. The van der Waals surface area contributed by atoms with Gasteiger partial charge in [-0.15, -0.1) is 0 Å². The minimum atomic E-state index is -5.69. The maximum atomic E-state index is 15.0. The van der Waals surface area contributed by atoms with Gasteiger partial charge in [0.05, 0.1) is 96.3 Å². The molecular weight excluding hydrogens is 1890 g/mol. The van der Waals surface area contributed by atoms with Gasteiger partial charge < -0.3 is 125 Å². The van der Waals surface area contributed by atoms with Crippen LogP contribution in [0.3, 0.4) is 0 Å². The van der Waals surface area contributed by atoms with Crippen LogP contribution in [-0.4, -0.2) is 256 Å². The van der Waals surface area contributed by atoms with Gasteiger partial charge in [-0.25, -0.2) is 43.5 Å². The number of H-pyrrole nitrogens is 4. The van der Waals surface area contributed by atoms with Crippen molar-refractivity contribution < 1.29 is 127 Å². The number of aliphatic hydroxyl groups excluding tert-OH is 1. The van der Waals surface area contributed by atoms with Gasteiger partial charge in [-0.2, -0.15) is 4.98 Å². The number of aliphatic hydroxyl groups is 1. The predicted molar refractivity (Wildman–Crippen MR) is 453 cm³/mol. The number of anilines is 2. The average Bonchev–Trinajstić information content (AvgIpc) is 1.61. The summed E-state index contributed by atoms with van der Waals surface area (Å²) in [5, 5.41) is 11.6. The van der Waals surface area contributed by atoms with Crippen LogP contribution in [-0.2, 0) is 144 Å². The summed E-state index contributed by atoms with van der Waals surface area (Å²) >= 11 is 22.2. The van der Waals surface area contributed by atoms with Crippen molar-refractivity contribution in [2.24, 2.45) is 0 Å². The number of fused-ring (bicyclic) bond motifs is 1. The van der Waals surface area contributed by atoms with E-state index in [2.05, 4.69) is 39.9 Å². The molecule has 61 heteroatoms. The maximum Gasteiger partial charge on any atom is 0.472 e. The second kappa shape index (κ2) is 41.2. The molecule has 0 saturated carbocycles. The molecule has 7 aromatic rings. The molecule has 13 rings (SSSR count). The number of nitrogens with two attached hydrogens (primary N) is 2. The molecule has 706 valence electrons. The lowest BCUT2D eigenvalue weighted by Crippen LogP contribution is -2.40. The highest BCUT2D eigenvalue weighted by atomic mass is 32.5. The van der Waals surface area contributed by atoms with Gasteiger partial charge in [-0.3, -0.25) is 75.6 Å². The van der Waals surface area contributed by atoms with E-state index in [1.807, 2.05) is 0 Å². The Morgan fingerprint density at radius 2 is 0.805 bits per heavy atom. The Morgan fingerprint density at radius 1 is 0.438 bits per heavy atom. The Labute approximate surface area is 741 Å². The molecule has 0 radical (unpaired) electrons. The Kier molecular flexibility index (Phi) is 31.9. The van der Waals surface area contributed by atoms with Gasteiger partial charge in [0.2, 0.25) is 0 Å². The van der Waals surface area contributed by atoms with Crippen molar-refractivity contribution in [2.75, 3.05) is 85.1 Å². The van der Waals surface area contributed by atoms with Crippen LogP contribution in [0.5, 0.6) is 0 Å². The largest absolute Gasteiger partial charge is 0.472 e. The molecule has 128 heavy (non-hydrogen) atoms. The molecule has 0 spiro atoms. The van der Waals surface area contributed by atoms with Gasteiger partial charge in [0.1, 0.15) is 97.5 Å². The van der Waals surface area contributed by atoms with E-state index in [0.717, 1.165) is 30.8 Å². The smallest absolute Gasteiger partial charge is 0.387 e. The number of ether oxygens (including phenoxy) is 10. The van der Waals surface area contributed by atoms with E-state index in [-0.39, 0.29) is 90.7 Å². The summed E-state index contributed by atoms with van der Waals surface area (Å²) in [6.45, 7) is -14.2. The molecule has 6 fully saturated rings. The van der Waals surface area contributed by atoms with Crippen molar-refractivity contribution in [1.82, 2.24) is 67.3 Å². The van der Waals surface area contributed by atoms with Gasteiger partial charge in [-0.1, -0.05) is 6.92 Å². The molecule has 25 atom stereocenters. The Hall–Kier alpha value is -6.46. The Balaban J connectivity index is 0.733. The average molecular weight is 1980 g/mol. The fourth-order valence-corrected chi connectivity index (χ4v) is 21.6. The number of aromatic nitrogens is 14. The first-order valence-corrected chi connectivity index (χ1v) is 50.9. The quantitative estimate of drug-likeness (QED) is 0.0158. The molecule has 0 aromatic carbocycles. The molecule has 0 amide bonds. The number of hydrogen-bond donors (Lipinski definition) is 12. The van der Waals surface area contributed by atoms with Crippen molar-refractivity contribution in [3.63, 3.8) is 0 Å². The number of aryl methyl sites for hydroxylation is 5. The molecule has 6 aliphatic heterocycles. The van der Waals surface area contributed by atoms with E-state index in [0.29, 0.717) is 12.0 Å². The summed E-state index contributed by atoms with van der Waals surface area (Å²) < 4.78 is 141. The zero-order valence-corrected chi connectivity index (χ0v) is 76.7. The zero-order valence-electron chi connectivity index (χ0n) is 68.9. The lowest BCUT2D eigenvalue weighted by Gasteiger charge is -2.29. The fraction of sp³-hybridized carbons (Fsp3) is 0.627. The molecule has 52 nitrogen and oxygen atoms in total. The number of methoxy groups -OCH3 is 2. The summed E-state index contributed by atoms with van der Waals surface area (Å²) in [6, 6.07) is 0. The van der Waals surface area contributed by atoms with Crippen LogP contribution in [0.2, 0.25) is 0 Å². The molecule has 7 unspecified atom stereocenters. The number of aromatic amines is 4. The number of nitrogens with zero attached hydrogens (tertiary/aromatic N) is 10. The molecular formula is C67H93N16O36P5S4. The molecule has 14 N–H and O–H groups in total. The topological polar surface area (TPSA) is 673 Å². The summed E-state index contributed by atoms with van der Waals surface area (Å²) in [4.78, 5) is 201. The molecule has 7 aromatic heterocycles. The number of hydrogen-bond acceptors (Lipinski definition) is 41. The van der Waals surface area contributed by atoms with Crippen LogP contribution in [0.25, 0.3) is 11.2 Å². The van der Waals surface area contributed by atoms with Crippen molar-refractivity contribution in [3.05, 3.63) is 165 Å². The lowest BCUT2D eigenvalue weighted by atomic mass is 10.1. The first kappa shape index (κ1) is 99.0. The van der Waals surface area contributed by atoms with Crippen LogP contribution in [0.1, 0.15) is 104 Å².